The number of rotatable bonds is 5. The predicted molar refractivity (Wildman–Crippen MR) is 60.2 cm³/mol. The van der Waals surface area contributed by atoms with Crippen molar-refractivity contribution in [3.63, 3.8) is 0 Å². The van der Waals surface area contributed by atoms with Gasteiger partial charge in [-0.3, -0.25) is 0 Å². The fourth-order valence-corrected chi connectivity index (χ4v) is 0.861. The summed E-state index contributed by atoms with van der Waals surface area (Å²) in [5.41, 5.74) is -1.12. The van der Waals surface area contributed by atoms with Crippen molar-refractivity contribution in [2.24, 2.45) is 5.10 Å². The van der Waals surface area contributed by atoms with E-state index in [0.717, 1.165) is 0 Å². The van der Waals surface area contributed by atoms with E-state index in [4.69, 9.17) is 0 Å². The molecule has 0 bridgehead atoms. The van der Waals surface area contributed by atoms with Crippen molar-refractivity contribution in [3.8, 4) is 0 Å². The largest absolute Gasteiger partial charge is 0.463 e. The standard InChI is InChI=1S/C9H13F3N2O2.Al.2H/c1-3-13-14-6-7(9(10,11)12)5-8(15)16-4-2;;;/h5-6H,3-4H2,1-2H3,(H,13,15);;;/q;+1;;/p-1. The van der Waals surface area contributed by atoms with Crippen molar-refractivity contribution in [2.75, 3.05) is 13.2 Å². The molecule has 0 saturated heterocycles. The van der Waals surface area contributed by atoms with Crippen LogP contribution in [0, 0.1) is 0 Å². The lowest BCUT2D eigenvalue weighted by Crippen LogP contribution is -2.18. The third-order valence-corrected chi connectivity index (χ3v) is 2.60. The fraction of sp³-hybridized carbons (Fsp3) is 0.556. The van der Waals surface area contributed by atoms with E-state index in [0.29, 0.717) is 35.3 Å². The molecule has 0 N–H and O–H groups in total. The van der Waals surface area contributed by atoms with Gasteiger partial charge < -0.3 is 8.73 Å². The molecule has 0 aliphatic heterocycles. The SMILES string of the molecule is CCOC(=O)/C=C(\C=N\[N]([AlH2])CC)C(F)(F)F. The molecule has 17 heavy (non-hydrogen) atoms. The van der Waals surface area contributed by atoms with Gasteiger partial charge in [0, 0.05) is 12.6 Å². The molecule has 0 atom stereocenters. The summed E-state index contributed by atoms with van der Waals surface area (Å²) in [5.74, 6) is -1.03. The maximum Gasteiger partial charge on any atom is 0.418 e. The van der Waals surface area contributed by atoms with E-state index in [1.165, 1.54) is 10.9 Å². The number of nitrogens with zero attached hydrogens (tertiary/aromatic N) is 2. The van der Waals surface area contributed by atoms with Crippen molar-refractivity contribution >= 4 is 28.7 Å². The molecule has 0 radical (unpaired) electrons. The second-order valence-electron chi connectivity index (χ2n) is 3.07. The Bertz CT molecular complexity index is 316. The molecule has 4 nitrogen and oxygen atoms in total. The summed E-state index contributed by atoms with van der Waals surface area (Å²) in [6.45, 7) is 3.84. The van der Waals surface area contributed by atoms with Crippen molar-refractivity contribution in [1.82, 2.24) is 3.99 Å². The normalized spacial score (nSPS) is 12.9. The maximum atomic E-state index is 12.5. The Morgan fingerprint density at radius 3 is 2.47 bits per heavy atom. The lowest BCUT2D eigenvalue weighted by molar-refractivity contribution is -0.138. The maximum absolute atomic E-state index is 12.5. The van der Waals surface area contributed by atoms with Gasteiger partial charge in [-0.2, -0.15) is 13.2 Å². The van der Waals surface area contributed by atoms with Crippen LogP contribution in [0.5, 0.6) is 0 Å². The number of carbonyl (C=O) groups is 1. The Kier molecular flexibility index (Phi) is 6.92. The highest BCUT2D eigenvalue weighted by Gasteiger charge is 2.33. The zero-order valence-electron chi connectivity index (χ0n) is 9.91. The Morgan fingerprint density at radius 1 is 1.47 bits per heavy atom. The third kappa shape index (κ3) is 7.02. The second-order valence-corrected chi connectivity index (χ2v) is 4.10. The van der Waals surface area contributed by atoms with Crippen LogP contribution in [0.15, 0.2) is 16.8 Å². The van der Waals surface area contributed by atoms with Gasteiger partial charge in [0.2, 0.25) is 0 Å². The van der Waals surface area contributed by atoms with Gasteiger partial charge in [-0.15, -0.1) is 0 Å². The first-order valence-corrected chi connectivity index (χ1v) is 5.91. The summed E-state index contributed by atoms with van der Waals surface area (Å²) in [6, 6.07) is 0. The van der Waals surface area contributed by atoms with Gasteiger partial charge in [-0.1, -0.05) is 0 Å². The Balaban J connectivity index is 4.90. The minimum absolute atomic E-state index is 0.0272. The molecule has 0 heterocycles. The Labute approximate surface area is 106 Å². The average Bonchev–Trinajstić information content (AvgIpc) is 2.22. The predicted octanol–water partition coefficient (Wildman–Crippen LogP) is 0.894. The third-order valence-electron chi connectivity index (χ3n) is 1.74. The first kappa shape index (κ1) is 16.0. The number of ether oxygens (including phenoxy) is 1. The number of alkyl halides is 3. The second kappa shape index (κ2) is 7.35. The number of hydrogen-bond acceptors (Lipinski definition) is 4. The summed E-state index contributed by atoms with van der Waals surface area (Å²) in [7, 11) is 0. The molecule has 0 amide bonds. The summed E-state index contributed by atoms with van der Waals surface area (Å²) in [6.07, 6.45) is -3.59. The van der Waals surface area contributed by atoms with Gasteiger partial charge in [0.1, 0.15) is 0 Å². The molecule has 8 heteroatoms. The van der Waals surface area contributed by atoms with Crippen LogP contribution in [0.25, 0.3) is 0 Å². The lowest BCUT2D eigenvalue weighted by Gasteiger charge is -2.12. The molecular weight excluding hydrogens is 252 g/mol. The highest BCUT2D eigenvalue weighted by atomic mass is 27.1. The van der Waals surface area contributed by atoms with Crippen LogP contribution >= 0.6 is 0 Å². The first-order chi connectivity index (χ1) is 7.81. The zero-order valence-corrected chi connectivity index (χ0v) is 11.9. The number of hydrazone groups is 1. The molecule has 0 aliphatic rings. The van der Waals surface area contributed by atoms with Crippen molar-refractivity contribution in [2.45, 2.75) is 20.0 Å². The number of hydrogen-bond donors (Lipinski definition) is 0. The molecule has 0 saturated carbocycles. The molecule has 0 fully saturated rings. The molecule has 0 aromatic rings. The Hall–Kier alpha value is -0.998. The fourth-order valence-electron chi connectivity index (χ4n) is 0.746. The van der Waals surface area contributed by atoms with Crippen molar-refractivity contribution < 1.29 is 22.7 Å². The monoisotopic (exact) mass is 266 g/mol. The van der Waals surface area contributed by atoms with E-state index in [2.05, 4.69) is 9.84 Å². The molecule has 0 aliphatic carbocycles. The van der Waals surface area contributed by atoms with Crippen LogP contribution in [0.4, 0.5) is 13.2 Å². The molecule has 0 unspecified atom stereocenters. The summed E-state index contributed by atoms with van der Waals surface area (Å²) < 4.78 is 43.4. The molecule has 0 aromatic heterocycles. The number of esters is 1. The summed E-state index contributed by atoms with van der Waals surface area (Å²) >= 11 is 0.507. The topological polar surface area (TPSA) is 41.9 Å². The molecule has 0 rings (SSSR count). The minimum atomic E-state index is -4.62. The molecular formula is C9H14AlF3N2O2. The van der Waals surface area contributed by atoms with E-state index in [1.807, 2.05) is 0 Å². The minimum Gasteiger partial charge on any atom is -0.463 e. The van der Waals surface area contributed by atoms with E-state index in [9.17, 15) is 18.0 Å². The van der Waals surface area contributed by atoms with Crippen molar-refractivity contribution in [1.29, 1.82) is 0 Å². The number of allylic oxidation sites excluding steroid dienone is 1. The van der Waals surface area contributed by atoms with Crippen LogP contribution < -0.4 is 0 Å². The van der Waals surface area contributed by atoms with E-state index in [1.54, 1.807) is 6.92 Å². The van der Waals surface area contributed by atoms with Crippen LogP contribution in [0.2, 0.25) is 0 Å². The lowest BCUT2D eigenvalue weighted by atomic mass is 10.2. The smallest absolute Gasteiger partial charge is 0.418 e. The number of carbonyl (C=O) groups excluding carboxylic acids is 1. The summed E-state index contributed by atoms with van der Waals surface area (Å²) in [4.78, 5) is 10.9. The quantitative estimate of drug-likeness (QED) is 0.244. The van der Waals surface area contributed by atoms with Gasteiger partial charge in [0.15, 0.2) is 0 Å². The van der Waals surface area contributed by atoms with E-state index < -0.39 is 17.7 Å². The van der Waals surface area contributed by atoms with Gasteiger partial charge in [-0.25, -0.2) is 9.90 Å². The highest BCUT2D eigenvalue weighted by Crippen LogP contribution is 2.24. The molecule has 96 valence electrons. The van der Waals surface area contributed by atoms with Gasteiger partial charge in [0.25, 0.3) is 0 Å². The average molecular weight is 266 g/mol. The summed E-state index contributed by atoms with van der Waals surface area (Å²) in [5, 5.41) is 3.60. The van der Waals surface area contributed by atoms with Crippen LogP contribution in [-0.2, 0) is 9.53 Å². The molecule has 0 aromatic carbocycles. The zero-order chi connectivity index (χ0) is 13.5. The van der Waals surface area contributed by atoms with Crippen LogP contribution in [0.3, 0.4) is 0 Å². The van der Waals surface area contributed by atoms with Crippen molar-refractivity contribution in [3.05, 3.63) is 11.6 Å². The Morgan fingerprint density at radius 2 is 2.06 bits per heavy atom. The number of halogens is 3. The van der Waals surface area contributed by atoms with Crippen LogP contribution in [0.1, 0.15) is 13.8 Å². The van der Waals surface area contributed by atoms with E-state index in [-0.39, 0.29) is 6.61 Å². The highest BCUT2D eigenvalue weighted by molar-refractivity contribution is 6.04. The first-order valence-electron chi connectivity index (χ1n) is 5.02. The van der Waals surface area contributed by atoms with E-state index >= 15 is 0 Å². The van der Waals surface area contributed by atoms with Gasteiger partial charge in [0.05, 0.1) is 18.4 Å². The molecule has 0 spiro atoms. The van der Waals surface area contributed by atoms with Crippen LogP contribution in [-0.4, -0.2) is 52.0 Å². The van der Waals surface area contributed by atoms with Gasteiger partial charge in [-0.05, 0) is 13.8 Å². The van der Waals surface area contributed by atoms with Gasteiger partial charge >= 0.3 is 28.7 Å².